The highest BCUT2D eigenvalue weighted by Gasteiger charge is 2.39. The van der Waals surface area contributed by atoms with Crippen LogP contribution in [0.3, 0.4) is 0 Å². The highest BCUT2D eigenvalue weighted by atomic mass is 16.5. The van der Waals surface area contributed by atoms with Crippen molar-refractivity contribution in [1.29, 1.82) is 0 Å². The summed E-state index contributed by atoms with van der Waals surface area (Å²) in [6.07, 6.45) is 6.30. The van der Waals surface area contributed by atoms with Gasteiger partial charge in [0.05, 0.1) is 11.2 Å². The summed E-state index contributed by atoms with van der Waals surface area (Å²) in [5.41, 5.74) is 0.918. The number of benzene rings is 1. The summed E-state index contributed by atoms with van der Waals surface area (Å²) in [7, 11) is 0. The van der Waals surface area contributed by atoms with Crippen LogP contribution in [-0.4, -0.2) is 38.6 Å². The molecule has 3 N–H and O–H groups in total. The van der Waals surface area contributed by atoms with Gasteiger partial charge in [-0.2, -0.15) is 0 Å². The molecule has 0 bridgehead atoms. The lowest BCUT2D eigenvalue weighted by Gasteiger charge is -2.28. The predicted octanol–water partition coefficient (Wildman–Crippen LogP) is 3.67. The minimum absolute atomic E-state index is 0.233. The molecule has 2 rings (SSSR count). The summed E-state index contributed by atoms with van der Waals surface area (Å²) >= 11 is 0. The normalized spacial score (nSPS) is 18.7. The van der Waals surface area contributed by atoms with Crippen molar-refractivity contribution in [2.45, 2.75) is 71.2 Å². The van der Waals surface area contributed by atoms with Gasteiger partial charge in [0.25, 0.3) is 0 Å². The van der Waals surface area contributed by atoms with Crippen molar-refractivity contribution in [3.8, 4) is 5.75 Å². The minimum atomic E-state index is -1.14. The summed E-state index contributed by atoms with van der Waals surface area (Å²) in [4.78, 5) is 11.5. The zero-order valence-electron chi connectivity index (χ0n) is 16.7. The van der Waals surface area contributed by atoms with Gasteiger partial charge in [-0.15, -0.1) is 0 Å². The summed E-state index contributed by atoms with van der Waals surface area (Å²) in [5, 5.41) is 30.1. The third kappa shape index (κ3) is 5.68. The van der Waals surface area contributed by atoms with Gasteiger partial charge < -0.3 is 20.1 Å². The second-order valence-electron chi connectivity index (χ2n) is 8.34. The molecule has 1 heterocycles. The Morgan fingerprint density at radius 1 is 1.26 bits per heavy atom. The fourth-order valence-corrected chi connectivity index (χ4v) is 3.09. The van der Waals surface area contributed by atoms with Crippen LogP contribution in [0, 0.1) is 0 Å². The van der Waals surface area contributed by atoms with Crippen LogP contribution in [0.15, 0.2) is 35.9 Å². The Hall–Kier alpha value is -2.11. The molecule has 1 aliphatic heterocycles. The number of rotatable bonds is 7. The average Bonchev–Trinajstić information content (AvgIpc) is 2.95. The molecule has 148 valence electrons. The monoisotopic (exact) mass is 374 g/mol. The summed E-state index contributed by atoms with van der Waals surface area (Å²) in [6.45, 7) is 9.02. The maximum Gasteiger partial charge on any atom is 0.335 e. The maximum absolute atomic E-state index is 11.5. The van der Waals surface area contributed by atoms with Crippen molar-refractivity contribution in [3.05, 3.63) is 52.6 Å². The van der Waals surface area contributed by atoms with E-state index in [0.717, 1.165) is 16.7 Å². The molecule has 1 aromatic rings. The number of ether oxygens (including phenoxy) is 1. The van der Waals surface area contributed by atoms with Crippen molar-refractivity contribution in [2.75, 3.05) is 0 Å². The Bertz CT molecular complexity index is 762. The minimum Gasteiger partial charge on any atom is -0.486 e. The first-order valence-electron chi connectivity index (χ1n) is 9.20. The first-order chi connectivity index (χ1) is 12.4. The molecule has 5 heteroatoms. The van der Waals surface area contributed by atoms with Crippen LogP contribution in [0.1, 0.15) is 62.5 Å². The van der Waals surface area contributed by atoms with Gasteiger partial charge in [-0.3, -0.25) is 0 Å². The molecule has 5 nitrogen and oxygen atoms in total. The van der Waals surface area contributed by atoms with Gasteiger partial charge in [-0.05, 0) is 70.7 Å². The van der Waals surface area contributed by atoms with Gasteiger partial charge in [-0.1, -0.05) is 23.8 Å². The number of aromatic carboxylic acids is 1. The van der Waals surface area contributed by atoms with Crippen molar-refractivity contribution >= 4 is 5.97 Å². The Morgan fingerprint density at radius 3 is 2.48 bits per heavy atom. The first kappa shape index (κ1) is 21.2. The molecular formula is C22H30O5. The van der Waals surface area contributed by atoms with E-state index in [1.807, 2.05) is 19.9 Å². The van der Waals surface area contributed by atoms with E-state index in [-0.39, 0.29) is 5.56 Å². The van der Waals surface area contributed by atoms with E-state index in [4.69, 9.17) is 4.74 Å². The molecule has 0 unspecified atom stereocenters. The zero-order valence-corrected chi connectivity index (χ0v) is 16.7. The van der Waals surface area contributed by atoms with Crippen molar-refractivity contribution in [1.82, 2.24) is 0 Å². The molecule has 0 spiro atoms. The topological polar surface area (TPSA) is 87.0 Å². The van der Waals surface area contributed by atoms with Gasteiger partial charge in [0.1, 0.15) is 17.5 Å². The predicted molar refractivity (Wildman–Crippen MR) is 105 cm³/mol. The van der Waals surface area contributed by atoms with E-state index in [2.05, 4.69) is 0 Å². The van der Waals surface area contributed by atoms with E-state index >= 15 is 0 Å². The number of carboxylic acid groups (broad SMARTS) is 1. The molecule has 27 heavy (non-hydrogen) atoms. The molecule has 1 aromatic carbocycles. The molecule has 0 saturated carbocycles. The fourth-order valence-electron chi connectivity index (χ4n) is 3.09. The standard InChI is InChI=1S/C22H30O5/c1-14(2)7-8-15-11-17(20(23)24)12-16-13-18(27-19(15)16)22(5,26)10-6-9-21(3,4)25/h6-7,9,11-12,18,25-26H,8,10,13H2,1-5H3,(H,23,24)/b9-6+/t18-,22+/m0/s1. The Labute approximate surface area is 161 Å². The van der Waals surface area contributed by atoms with Crippen molar-refractivity contribution in [3.63, 3.8) is 0 Å². The molecule has 0 radical (unpaired) electrons. The van der Waals surface area contributed by atoms with Gasteiger partial charge >= 0.3 is 5.97 Å². The maximum atomic E-state index is 11.5. The number of aliphatic hydroxyl groups is 2. The van der Waals surface area contributed by atoms with Crippen LogP contribution in [0.2, 0.25) is 0 Å². The number of fused-ring (bicyclic) bond motifs is 1. The molecule has 0 aliphatic carbocycles. The lowest BCUT2D eigenvalue weighted by Crippen LogP contribution is -2.42. The molecule has 0 saturated heterocycles. The number of hydrogen-bond acceptors (Lipinski definition) is 4. The lowest BCUT2D eigenvalue weighted by molar-refractivity contribution is -0.0359. The number of carbonyl (C=O) groups is 1. The third-order valence-electron chi connectivity index (χ3n) is 4.64. The van der Waals surface area contributed by atoms with E-state index in [0.29, 0.717) is 25.0 Å². The van der Waals surface area contributed by atoms with Crippen LogP contribution in [0.5, 0.6) is 5.75 Å². The van der Waals surface area contributed by atoms with Crippen LogP contribution in [0.4, 0.5) is 0 Å². The first-order valence-corrected chi connectivity index (χ1v) is 9.20. The smallest absolute Gasteiger partial charge is 0.335 e. The molecule has 0 amide bonds. The number of hydrogen-bond donors (Lipinski definition) is 3. The summed E-state index contributed by atoms with van der Waals surface area (Å²) in [6, 6.07) is 3.28. The second kappa shape index (κ2) is 7.87. The van der Waals surface area contributed by atoms with Crippen LogP contribution >= 0.6 is 0 Å². The molecule has 0 aromatic heterocycles. The highest BCUT2D eigenvalue weighted by molar-refractivity contribution is 5.88. The molecular weight excluding hydrogens is 344 g/mol. The zero-order chi connectivity index (χ0) is 20.4. The van der Waals surface area contributed by atoms with E-state index < -0.39 is 23.3 Å². The SMILES string of the molecule is CC(C)=CCc1cc(C(=O)O)cc2c1O[C@H]([C@](C)(O)C/C=C/C(C)(C)O)C2. The number of allylic oxidation sites excluding steroid dienone is 2. The second-order valence-corrected chi connectivity index (χ2v) is 8.34. The van der Waals surface area contributed by atoms with E-state index in [1.165, 1.54) is 0 Å². The van der Waals surface area contributed by atoms with E-state index in [9.17, 15) is 20.1 Å². The van der Waals surface area contributed by atoms with Crippen LogP contribution < -0.4 is 4.74 Å². The van der Waals surface area contributed by atoms with Crippen molar-refractivity contribution < 1.29 is 24.9 Å². The van der Waals surface area contributed by atoms with Crippen LogP contribution in [-0.2, 0) is 12.8 Å². The summed E-state index contributed by atoms with van der Waals surface area (Å²) < 4.78 is 6.08. The third-order valence-corrected chi connectivity index (χ3v) is 4.64. The lowest BCUT2D eigenvalue weighted by atomic mass is 9.90. The Kier molecular flexibility index (Phi) is 6.17. The summed E-state index contributed by atoms with van der Waals surface area (Å²) in [5.74, 6) is -0.297. The quantitative estimate of drug-likeness (QED) is 0.634. The fraction of sp³-hybridized carbons (Fsp3) is 0.500. The number of carboxylic acids is 1. The molecule has 0 fully saturated rings. The van der Waals surface area contributed by atoms with Gasteiger partial charge in [0, 0.05) is 6.42 Å². The van der Waals surface area contributed by atoms with Crippen molar-refractivity contribution in [2.24, 2.45) is 0 Å². The molecule has 1 aliphatic rings. The van der Waals surface area contributed by atoms with Gasteiger partial charge in [0.15, 0.2) is 0 Å². The highest BCUT2D eigenvalue weighted by Crippen LogP contribution is 2.38. The van der Waals surface area contributed by atoms with Gasteiger partial charge in [0.2, 0.25) is 0 Å². The van der Waals surface area contributed by atoms with E-state index in [1.54, 1.807) is 45.1 Å². The molecule has 2 atom stereocenters. The largest absolute Gasteiger partial charge is 0.486 e. The average molecular weight is 374 g/mol. The Balaban J connectivity index is 2.28. The van der Waals surface area contributed by atoms with Gasteiger partial charge in [-0.25, -0.2) is 4.79 Å². The Morgan fingerprint density at radius 2 is 1.93 bits per heavy atom. The van der Waals surface area contributed by atoms with Crippen LogP contribution in [0.25, 0.3) is 0 Å².